The number of hydrogen-bond donors (Lipinski definition) is 3. The van der Waals surface area contributed by atoms with E-state index in [1.54, 1.807) is 12.1 Å². The van der Waals surface area contributed by atoms with Crippen LogP contribution >= 0.6 is 15.9 Å². The van der Waals surface area contributed by atoms with Gasteiger partial charge in [-0.25, -0.2) is 14.4 Å². The van der Waals surface area contributed by atoms with Crippen LogP contribution in [-0.2, 0) is 0 Å². The predicted octanol–water partition coefficient (Wildman–Crippen LogP) is 3.60. The molecule has 0 aliphatic carbocycles. The Kier molecular flexibility index (Phi) is 6.04. The molecule has 1 aliphatic heterocycles. The Morgan fingerprint density at radius 3 is 2.68 bits per heavy atom. The van der Waals surface area contributed by atoms with Crippen molar-refractivity contribution in [1.29, 1.82) is 0 Å². The Morgan fingerprint density at radius 2 is 1.92 bits per heavy atom. The molecule has 0 spiro atoms. The van der Waals surface area contributed by atoms with Crippen LogP contribution < -0.4 is 16.4 Å². The van der Waals surface area contributed by atoms with Crippen LogP contribution in [0, 0.1) is 5.82 Å². The SMILES string of the molecule is Nc1c(NCCN2CCCCC2)ncnc1Nc1ccc(Br)cc1F. The Morgan fingerprint density at radius 1 is 1.16 bits per heavy atom. The highest BCUT2D eigenvalue weighted by Gasteiger charge is 2.12. The van der Waals surface area contributed by atoms with Gasteiger partial charge in [0.2, 0.25) is 0 Å². The van der Waals surface area contributed by atoms with Gasteiger partial charge in [-0.1, -0.05) is 22.4 Å². The zero-order chi connectivity index (χ0) is 17.6. The van der Waals surface area contributed by atoms with Crippen molar-refractivity contribution in [2.45, 2.75) is 19.3 Å². The van der Waals surface area contributed by atoms with E-state index in [1.165, 1.54) is 31.7 Å². The molecule has 8 heteroatoms. The standard InChI is InChI=1S/C17H22BrFN6/c18-12-4-5-14(13(19)10-12)24-17-15(20)16(22-11-23-17)21-6-9-25-7-2-1-3-8-25/h4-5,10-11H,1-3,6-9,20H2,(H2,21,22,23,24). The fourth-order valence-corrected chi connectivity index (χ4v) is 3.20. The molecule has 1 fully saturated rings. The summed E-state index contributed by atoms with van der Waals surface area (Å²) in [5.74, 6) is 0.565. The van der Waals surface area contributed by atoms with E-state index in [-0.39, 0.29) is 5.82 Å². The van der Waals surface area contributed by atoms with Gasteiger partial charge in [-0.3, -0.25) is 0 Å². The summed E-state index contributed by atoms with van der Waals surface area (Å²) >= 11 is 3.24. The minimum absolute atomic E-state index is 0.313. The number of rotatable bonds is 6. The second-order valence-electron chi connectivity index (χ2n) is 6.06. The number of nitrogens with zero attached hydrogens (tertiary/aromatic N) is 3. The minimum Gasteiger partial charge on any atom is -0.393 e. The normalized spacial score (nSPS) is 15.1. The van der Waals surface area contributed by atoms with E-state index in [4.69, 9.17) is 5.73 Å². The smallest absolute Gasteiger partial charge is 0.159 e. The lowest BCUT2D eigenvalue weighted by Gasteiger charge is -2.26. The monoisotopic (exact) mass is 408 g/mol. The van der Waals surface area contributed by atoms with Crippen LogP contribution in [0.1, 0.15) is 19.3 Å². The Labute approximate surface area is 155 Å². The number of anilines is 4. The van der Waals surface area contributed by atoms with Crippen molar-refractivity contribution in [3.05, 3.63) is 34.8 Å². The Bertz CT molecular complexity index is 720. The van der Waals surface area contributed by atoms with Gasteiger partial charge in [-0.2, -0.15) is 0 Å². The van der Waals surface area contributed by atoms with E-state index in [0.717, 1.165) is 26.2 Å². The van der Waals surface area contributed by atoms with Crippen molar-refractivity contribution in [2.75, 3.05) is 42.5 Å². The molecule has 25 heavy (non-hydrogen) atoms. The number of halogens is 2. The van der Waals surface area contributed by atoms with Crippen molar-refractivity contribution in [1.82, 2.24) is 14.9 Å². The number of piperidine rings is 1. The first-order chi connectivity index (χ1) is 12.1. The van der Waals surface area contributed by atoms with Gasteiger partial charge in [0, 0.05) is 17.6 Å². The molecule has 1 saturated heterocycles. The zero-order valence-electron chi connectivity index (χ0n) is 13.9. The van der Waals surface area contributed by atoms with E-state index in [1.807, 2.05) is 0 Å². The van der Waals surface area contributed by atoms with Gasteiger partial charge in [-0.05, 0) is 44.1 Å². The van der Waals surface area contributed by atoms with E-state index in [0.29, 0.717) is 27.5 Å². The molecule has 134 valence electrons. The fraction of sp³-hybridized carbons (Fsp3) is 0.412. The van der Waals surface area contributed by atoms with Gasteiger partial charge < -0.3 is 21.3 Å². The summed E-state index contributed by atoms with van der Waals surface area (Å²) in [5.41, 5.74) is 6.83. The van der Waals surface area contributed by atoms with Gasteiger partial charge in [0.25, 0.3) is 0 Å². The number of benzene rings is 1. The van der Waals surface area contributed by atoms with E-state index >= 15 is 0 Å². The fourth-order valence-electron chi connectivity index (χ4n) is 2.87. The van der Waals surface area contributed by atoms with Crippen molar-refractivity contribution in [3.8, 4) is 0 Å². The molecule has 1 aliphatic rings. The molecular weight excluding hydrogens is 387 g/mol. The number of hydrogen-bond acceptors (Lipinski definition) is 6. The molecule has 0 saturated carbocycles. The third-order valence-electron chi connectivity index (χ3n) is 4.24. The maximum Gasteiger partial charge on any atom is 0.159 e. The largest absolute Gasteiger partial charge is 0.393 e. The molecule has 0 unspecified atom stereocenters. The topological polar surface area (TPSA) is 79.1 Å². The van der Waals surface area contributed by atoms with E-state index in [2.05, 4.69) is 41.4 Å². The lowest BCUT2D eigenvalue weighted by Crippen LogP contribution is -2.33. The second-order valence-corrected chi connectivity index (χ2v) is 6.98. The average molecular weight is 409 g/mol. The number of aromatic nitrogens is 2. The molecule has 0 bridgehead atoms. The first-order valence-corrected chi connectivity index (χ1v) is 9.21. The first kappa shape index (κ1) is 17.9. The van der Waals surface area contributed by atoms with Crippen LogP contribution in [0.2, 0.25) is 0 Å². The highest BCUT2D eigenvalue weighted by Crippen LogP contribution is 2.28. The maximum absolute atomic E-state index is 14.0. The van der Waals surface area contributed by atoms with Crippen LogP contribution in [0.5, 0.6) is 0 Å². The van der Waals surface area contributed by atoms with Gasteiger partial charge in [0.05, 0.1) is 5.69 Å². The van der Waals surface area contributed by atoms with Crippen molar-refractivity contribution in [3.63, 3.8) is 0 Å². The first-order valence-electron chi connectivity index (χ1n) is 8.42. The van der Waals surface area contributed by atoms with Gasteiger partial charge in [0.15, 0.2) is 11.6 Å². The van der Waals surface area contributed by atoms with Crippen LogP contribution in [-0.4, -0.2) is 41.0 Å². The summed E-state index contributed by atoms with van der Waals surface area (Å²) in [6.07, 6.45) is 5.27. The van der Waals surface area contributed by atoms with Crippen LogP contribution in [0.15, 0.2) is 29.0 Å². The zero-order valence-corrected chi connectivity index (χ0v) is 15.5. The lowest BCUT2D eigenvalue weighted by molar-refractivity contribution is 0.237. The Hall–Kier alpha value is -1.93. The number of nitrogens with one attached hydrogen (secondary N) is 2. The summed E-state index contributed by atoms with van der Waals surface area (Å²) in [4.78, 5) is 10.7. The van der Waals surface area contributed by atoms with Gasteiger partial charge >= 0.3 is 0 Å². The molecule has 1 aromatic heterocycles. The Balaban J connectivity index is 1.63. The molecule has 0 atom stereocenters. The summed E-state index contributed by atoms with van der Waals surface area (Å²) in [7, 11) is 0. The summed E-state index contributed by atoms with van der Waals surface area (Å²) in [6.45, 7) is 4.01. The van der Waals surface area contributed by atoms with Crippen molar-refractivity contribution < 1.29 is 4.39 Å². The van der Waals surface area contributed by atoms with E-state index in [9.17, 15) is 4.39 Å². The molecule has 4 N–H and O–H groups in total. The van der Waals surface area contributed by atoms with Gasteiger partial charge in [0.1, 0.15) is 17.8 Å². The average Bonchev–Trinajstić information content (AvgIpc) is 2.61. The van der Waals surface area contributed by atoms with Crippen molar-refractivity contribution in [2.24, 2.45) is 0 Å². The predicted molar refractivity (Wildman–Crippen MR) is 103 cm³/mol. The molecule has 3 rings (SSSR count). The molecule has 2 aromatic rings. The minimum atomic E-state index is -0.382. The third kappa shape index (κ3) is 4.79. The summed E-state index contributed by atoms with van der Waals surface area (Å²) < 4.78 is 14.7. The number of nitrogens with two attached hydrogens (primary N) is 1. The molecule has 2 heterocycles. The molecule has 0 radical (unpaired) electrons. The van der Waals surface area contributed by atoms with Crippen LogP contribution in [0.25, 0.3) is 0 Å². The van der Waals surface area contributed by atoms with Crippen LogP contribution in [0.4, 0.5) is 27.4 Å². The lowest BCUT2D eigenvalue weighted by atomic mass is 10.1. The molecular formula is C17H22BrFN6. The number of nitrogen functional groups attached to an aromatic ring is 1. The highest BCUT2D eigenvalue weighted by molar-refractivity contribution is 9.10. The van der Waals surface area contributed by atoms with E-state index < -0.39 is 0 Å². The molecule has 1 aromatic carbocycles. The summed E-state index contributed by atoms with van der Waals surface area (Å²) in [6, 6.07) is 4.77. The summed E-state index contributed by atoms with van der Waals surface area (Å²) in [5, 5.41) is 6.18. The third-order valence-corrected chi connectivity index (χ3v) is 4.73. The van der Waals surface area contributed by atoms with Crippen molar-refractivity contribution >= 4 is 38.9 Å². The second kappa shape index (κ2) is 8.44. The quantitative estimate of drug-likeness (QED) is 0.677. The maximum atomic E-state index is 14.0. The number of likely N-dealkylation sites (tertiary alicyclic amines) is 1. The molecule has 6 nitrogen and oxygen atoms in total. The molecule has 0 amide bonds. The van der Waals surface area contributed by atoms with Gasteiger partial charge in [-0.15, -0.1) is 0 Å². The highest BCUT2D eigenvalue weighted by atomic mass is 79.9. The van der Waals surface area contributed by atoms with Crippen LogP contribution in [0.3, 0.4) is 0 Å².